The quantitative estimate of drug-likeness (QED) is 0.850. The van der Waals surface area contributed by atoms with Crippen molar-refractivity contribution < 1.29 is 9.84 Å². The van der Waals surface area contributed by atoms with E-state index < -0.39 is 6.10 Å². The molecule has 0 spiro atoms. The second-order valence-corrected chi connectivity index (χ2v) is 4.75. The Morgan fingerprint density at radius 2 is 2.26 bits per heavy atom. The summed E-state index contributed by atoms with van der Waals surface area (Å²) in [5, 5.41) is 14.4. The van der Waals surface area contributed by atoms with Gasteiger partial charge in [-0.3, -0.25) is 4.98 Å². The lowest BCUT2D eigenvalue weighted by molar-refractivity contribution is 0.0644. The first-order valence-corrected chi connectivity index (χ1v) is 6.50. The van der Waals surface area contributed by atoms with Crippen molar-refractivity contribution in [2.45, 2.75) is 12.6 Å². The maximum Gasteiger partial charge on any atom is 0.0897 e. The van der Waals surface area contributed by atoms with Crippen molar-refractivity contribution in [3.63, 3.8) is 0 Å². The molecule has 5 heteroatoms. The highest BCUT2D eigenvalue weighted by atomic mass is 35.5. The summed E-state index contributed by atoms with van der Waals surface area (Å²) >= 11 is 6.14. The molecule has 1 heterocycles. The highest BCUT2D eigenvalue weighted by molar-refractivity contribution is 6.35. The fourth-order valence-electron chi connectivity index (χ4n) is 1.96. The van der Waals surface area contributed by atoms with Crippen molar-refractivity contribution in [3.05, 3.63) is 41.0 Å². The molecule has 0 saturated heterocycles. The van der Waals surface area contributed by atoms with E-state index in [1.165, 1.54) is 0 Å². The monoisotopic (exact) mass is 280 g/mol. The van der Waals surface area contributed by atoms with E-state index in [1.54, 1.807) is 13.3 Å². The number of nitrogens with zero attached hydrogens (tertiary/aromatic N) is 1. The summed E-state index contributed by atoms with van der Waals surface area (Å²) in [7, 11) is 1.57. The second-order valence-electron chi connectivity index (χ2n) is 4.35. The summed E-state index contributed by atoms with van der Waals surface area (Å²) in [6.07, 6.45) is 1.25. The highest BCUT2D eigenvalue weighted by Crippen LogP contribution is 2.24. The van der Waals surface area contributed by atoms with Gasteiger partial charge < -0.3 is 15.2 Å². The molecule has 0 fully saturated rings. The average molecular weight is 281 g/mol. The Labute approximate surface area is 117 Å². The summed E-state index contributed by atoms with van der Waals surface area (Å²) in [6, 6.07) is 7.64. The number of fused-ring (bicyclic) bond motifs is 1. The predicted molar refractivity (Wildman–Crippen MR) is 76.3 cm³/mol. The van der Waals surface area contributed by atoms with Crippen LogP contribution in [0.2, 0.25) is 5.02 Å². The number of aromatic nitrogens is 1. The molecular weight excluding hydrogens is 264 g/mol. The van der Waals surface area contributed by atoms with Crippen LogP contribution in [-0.4, -0.2) is 36.5 Å². The minimum atomic E-state index is -0.503. The molecule has 1 unspecified atom stereocenters. The number of methoxy groups -OCH3 is 1. The van der Waals surface area contributed by atoms with E-state index in [9.17, 15) is 5.11 Å². The van der Waals surface area contributed by atoms with Crippen LogP contribution in [0.15, 0.2) is 30.5 Å². The maximum atomic E-state index is 9.56. The predicted octanol–water partition coefficient (Wildman–Crippen LogP) is 1.99. The number of rotatable bonds is 6. The molecule has 2 rings (SSSR count). The van der Waals surface area contributed by atoms with Crippen molar-refractivity contribution in [2.75, 3.05) is 20.3 Å². The van der Waals surface area contributed by atoms with Gasteiger partial charge in [0.2, 0.25) is 0 Å². The minimum Gasteiger partial charge on any atom is -0.389 e. The first-order valence-electron chi connectivity index (χ1n) is 6.12. The Kier molecular flexibility index (Phi) is 5.10. The van der Waals surface area contributed by atoms with Gasteiger partial charge in [-0.1, -0.05) is 17.7 Å². The number of benzene rings is 1. The van der Waals surface area contributed by atoms with Crippen molar-refractivity contribution in [1.82, 2.24) is 10.3 Å². The first-order chi connectivity index (χ1) is 9.22. The number of nitrogens with one attached hydrogen (secondary N) is 1. The van der Waals surface area contributed by atoms with Gasteiger partial charge >= 0.3 is 0 Å². The second kappa shape index (κ2) is 6.82. The molecule has 0 amide bonds. The van der Waals surface area contributed by atoms with E-state index in [2.05, 4.69) is 10.3 Å². The SMILES string of the molecule is COCC(O)CNCc1ccc(Cl)c2cccnc12. The van der Waals surface area contributed by atoms with Gasteiger partial charge in [0.05, 0.1) is 18.2 Å². The summed E-state index contributed by atoms with van der Waals surface area (Å²) in [4.78, 5) is 4.36. The molecule has 4 nitrogen and oxygen atoms in total. The normalized spacial score (nSPS) is 12.8. The third kappa shape index (κ3) is 3.64. The molecular formula is C14H17ClN2O2. The third-order valence-electron chi connectivity index (χ3n) is 2.85. The number of hydrogen-bond donors (Lipinski definition) is 2. The van der Waals surface area contributed by atoms with Crippen LogP contribution in [0.5, 0.6) is 0 Å². The summed E-state index contributed by atoms with van der Waals surface area (Å²) in [5.41, 5.74) is 1.95. The van der Waals surface area contributed by atoms with E-state index in [0.717, 1.165) is 16.5 Å². The standard InChI is InChI=1S/C14H17ClN2O2/c1-19-9-11(18)8-16-7-10-4-5-13(15)12-3-2-6-17-14(10)12/h2-6,11,16,18H,7-9H2,1H3. The smallest absolute Gasteiger partial charge is 0.0897 e. The van der Waals surface area contributed by atoms with Gasteiger partial charge in [-0.25, -0.2) is 0 Å². The zero-order valence-corrected chi connectivity index (χ0v) is 11.5. The van der Waals surface area contributed by atoms with E-state index >= 15 is 0 Å². The van der Waals surface area contributed by atoms with Crippen LogP contribution >= 0.6 is 11.6 Å². The topological polar surface area (TPSA) is 54.4 Å². The molecule has 0 aliphatic rings. The van der Waals surface area contributed by atoms with Crippen LogP contribution < -0.4 is 5.32 Å². The maximum absolute atomic E-state index is 9.56. The van der Waals surface area contributed by atoms with Gasteiger partial charge in [-0.05, 0) is 23.8 Å². The van der Waals surface area contributed by atoms with Crippen molar-refractivity contribution >= 4 is 22.5 Å². The fraction of sp³-hybridized carbons (Fsp3) is 0.357. The number of ether oxygens (including phenoxy) is 1. The Bertz CT molecular complexity index is 548. The molecule has 0 bridgehead atoms. The van der Waals surface area contributed by atoms with Crippen LogP contribution in [0.4, 0.5) is 0 Å². The van der Waals surface area contributed by atoms with Crippen LogP contribution in [0.1, 0.15) is 5.56 Å². The molecule has 0 saturated carbocycles. The Morgan fingerprint density at radius 1 is 1.42 bits per heavy atom. The Morgan fingerprint density at radius 3 is 3.05 bits per heavy atom. The largest absolute Gasteiger partial charge is 0.389 e. The molecule has 2 N–H and O–H groups in total. The molecule has 0 radical (unpaired) electrons. The number of aliphatic hydroxyl groups excluding tert-OH is 1. The number of hydrogen-bond acceptors (Lipinski definition) is 4. The highest BCUT2D eigenvalue weighted by Gasteiger charge is 2.07. The van der Waals surface area contributed by atoms with Gasteiger partial charge in [0.15, 0.2) is 0 Å². The fourth-order valence-corrected chi connectivity index (χ4v) is 2.18. The van der Waals surface area contributed by atoms with E-state index in [4.69, 9.17) is 16.3 Å². The summed E-state index contributed by atoms with van der Waals surface area (Å²) < 4.78 is 4.87. The zero-order valence-electron chi connectivity index (χ0n) is 10.8. The average Bonchev–Trinajstić information content (AvgIpc) is 2.42. The van der Waals surface area contributed by atoms with Gasteiger partial charge in [0, 0.05) is 36.8 Å². The lowest BCUT2D eigenvalue weighted by Crippen LogP contribution is -2.29. The van der Waals surface area contributed by atoms with Gasteiger partial charge in [0.1, 0.15) is 0 Å². The number of halogens is 1. The van der Waals surface area contributed by atoms with Crippen molar-refractivity contribution in [3.8, 4) is 0 Å². The third-order valence-corrected chi connectivity index (χ3v) is 3.18. The Balaban J connectivity index is 2.07. The van der Waals surface area contributed by atoms with Gasteiger partial charge in [-0.15, -0.1) is 0 Å². The molecule has 1 atom stereocenters. The molecule has 102 valence electrons. The van der Waals surface area contributed by atoms with Crippen molar-refractivity contribution in [1.29, 1.82) is 0 Å². The van der Waals surface area contributed by atoms with Crippen LogP contribution in [-0.2, 0) is 11.3 Å². The molecule has 1 aromatic carbocycles. The van der Waals surface area contributed by atoms with Crippen LogP contribution in [0.25, 0.3) is 10.9 Å². The molecule has 0 aliphatic heterocycles. The Hall–Kier alpha value is -1.20. The first kappa shape index (κ1) is 14.2. The van der Waals surface area contributed by atoms with E-state index in [-0.39, 0.29) is 0 Å². The molecule has 1 aromatic heterocycles. The zero-order chi connectivity index (χ0) is 13.7. The molecule has 2 aromatic rings. The molecule has 0 aliphatic carbocycles. The van der Waals surface area contributed by atoms with Crippen LogP contribution in [0.3, 0.4) is 0 Å². The van der Waals surface area contributed by atoms with Gasteiger partial charge in [0.25, 0.3) is 0 Å². The van der Waals surface area contributed by atoms with E-state index in [0.29, 0.717) is 24.7 Å². The van der Waals surface area contributed by atoms with Crippen molar-refractivity contribution in [2.24, 2.45) is 0 Å². The minimum absolute atomic E-state index is 0.326. The van der Waals surface area contributed by atoms with E-state index in [1.807, 2.05) is 24.3 Å². The number of aliphatic hydroxyl groups is 1. The number of pyridine rings is 1. The van der Waals surface area contributed by atoms with Gasteiger partial charge in [-0.2, -0.15) is 0 Å². The summed E-state index contributed by atoms with van der Waals surface area (Å²) in [5.74, 6) is 0. The summed E-state index contributed by atoms with van der Waals surface area (Å²) in [6.45, 7) is 1.43. The molecule has 19 heavy (non-hydrogen) atoms. The van der Waals surface area contributed by atoms with Crippen LogP contribution in [0, 0.1) is 0 Å². The lowest BCUT2D eigenvalue weighted by atomic mass is 10.1. The lowest BCUT2D eigenvalue weighted by Gasteiger charge is -2.12.